The molecule has 0 aromatic heterocycles. The maximum absolute atomic E-state index is 13.7. The molecule has 1 aliphatic heterocycles. The average molecular weight is 472 g/mol. The Kier molecular flexibility index (Phi) is 8.55. The van der Waals surface area contributed by atoms with E-state index in [2.05, 4.69) is 20.5 Å². The fourth-order valence-corrected chi connectivity index (χ4v) is 3.47. The summed E-state index contributed by atoms with van der Waals surface area (Å²) in [5, 5.41) is 16.2. The number of oxime groups is 1. The molecule has 182 valence electrons. The average Bonchev–Trinajstić information content (AvgIpc) is 2.75. The van der Waals surface area contributed by atoms with E-state index in [1.54, 1.807) is 26.0 Å². The van der Waals surface area contributed by atoms with E-state index in [0.29, 0.717) is 30.5 Å². The lowest BCUT2D eigenvalue weighted by Crippen LogP contribution is -2.48. The molecule has 33 heavy (non-hydrogen) atoms. The first-order chi connectivity index (χ1) is 15.5. The van der Waals surface area contributed by atoms with E-state index in [1.807, 2.05) is 0 Å². The summed E-state index contributed by atoms with van der Waals surface area (Å²) in [7, 11) is 1.12. The van der Waals surface area contributed by atoms with Crippen LogP contribution in [0.2, 0.25) is 0 Å². The third-order valence-corrected chi connectivity index (χ3v) is 4.96. The van der Waals surface area contributed by atoms with Gasteiger partial charge in [0.1, 0.15) is 11.8 Å². The zero-order valence-electron chi connectivity index (χ0n) is 18.5. The van der Waals surface area contributed by atoms with Gasteiger partial charge in [0, 0.05) is 12.1 Å². The molecule has 12 heteroatoms. The molecule has 0 spiro atoms. The summed E-state index contributed by atoms with van der Waals surface area (Å²) in [6.45, 7) is 3.72. The molecular formula is C21H27F3N4O5. The molecule has 0 saturated carbocycles. The molecule has 2 rings (SSSR count). The van der Waals surface area contributed by atoms with Crippen LogP contribution in [0.5, 0.6) is 5.75 Å². The number of nitrogens with one attached hydrogen (secondary N) is 2. The summed E-state index contributed by atoms with van der Waals surface area (Å²) < 4.78 is 51.0. The normalized spacial score (nSPS) is 16.7. The van der Waals surface area contributed by atoms with Crippen molar-refractivity contribution in [1.82, 2.24) is 10.6 Å². The fraction of sp³-hybridized carbons (Fsp3) is 0.476. The number of benzene rings is 1. The molecule has 1 heterocycles. The first-order valence-corrected chi connectivity index (χ1v) is 10.1. The molecule has 1 unspecified atom stereocenters. The number of unbranched alkanes of at least 4 members (excludes halogenated alkanes) is 1. The summed E-state index contributed by atoms with van der Waals surface area (Å²) in [6.07, 6.45) is -5.21. The molecule has 0 radical (unpaired) electrons. The Morgan fingerprint density at radius 1 is 1.30 bits per heavy atom. The molecule has 1 aliphatic rings. The van der Waals surface area contributed by atoms with E-state index >= 15 is 0 Å². The van der Waals surface area contributed by atoms with Gasteiger partial charge in [-0.25, -0.2) is 4.79 Å². The number of hydrogen-bond acceptors (Lipinski definition) is 6. The third kappa shape index (κ3) is 6.77. The first kappa shape index (κ1) is 25.8. The number of rotatable bonds is 8. The zero-order chi connectivity index (χ0) is 24.8. The number of esters is 1. The second kappa shape index (κ2) is 10.9. The number of guanidine groups is 1. The predicted molar refractivity (Wildman–Crippen MR) is 114 cm³/mol. The Balaban J connectivity index is 2.21. The van der Waals surface area contributed by atoms with Crippen LogP contribution >= 0.6 is 0 Å². The highest BCUT2D eigenvalue weighted by molar-refractivity contribution is 6.02. The number of nitrogens with zero attached hydrogens (tertiary/aromatic N) is 1. The van der Waals surface area contributed by atoms with Crippen molar-refractivity contribution in [2.45, 2.75) is 51.4 Å². The van der Waals surface area contributed by atoms with Gasteiger partial charge >= 0.3 is 12.1 Å². The number of aryl methyl sites for hydroxylation is 2. The van der Waals surface area contributed by atoms with Crippen LogP contribution < -0.4 is 21.1 Å². The summed E-state index contributed by atoms with van der Waals surface area (Å²) >= 11 is 0. The van der Waals surface area contributed by atoms with Crippen LogP contribution in [0.4, 0.5) is 13.2 Å². The van der Waals surface area contributed by atoms with Crippen molar-refractivity contribution in [3.8, 4) is 5.75 Å². The minimum Gasteiger partial charge on any atom is -0.475 e. The molecule has 2 atom stereocenters. The van der Waals surface area contributed by atoms with Crippen molar-refractivity contribution in [3.63, 3.8) is 0 Å². The molecule has 1 amide bonds. The second-order valence-electron chi connectivity index (χ2n) is 7.60. The summed E-state index contributed by atoms with van der Waals surface area (Å²) in [5.41, 5.74) is 6.29. The lowest BCUT2D eigenvalue weighted by molar-refractivity contribution is -0.185. The first-order valence-electron chi connectivity index (χ1n) is 10.1. The van der Waals surface area contributed by atoms with Gasteiger partial charge in [-0.2, -0.15) is 13.2 Å². The van der Waals surface area contributed by atoms with Crippen molar-refractivity contribution in [3.05, 3.63) is 34.4 Å². The molecule has 0 fully saturated rings. The Labute approximate surface area is 188 Å². The van der Waals surface area contributed by atoms with Gasteiger partial charge in [0.2, 0.25) is 12.1 Å². The van der Waals surface area contributed by atoms with Gasteiger partial charge in [-0.1, -0.05) is 16.8 Å². The Hall–Kier alpha value is -3.44. The third-order valence-electron chi connectivity index (χ3n) is 4.96. The topological polar surface area (TPSA) is 135 Å². The second-order valence-corrected chi connectivity index (χ2v) is 7.60. The highest BCUT2D eigenvalue weighted by Gasteiger charge is 2.48. The SMILES string of the molecule is COC(=O)C(CCCCN/C(N)=N\O)NC(=O)C1=Cc2cc(C)cc(C)c2O[C@@H]1C(F)(F)F. The quantitative estimate of drug-likeness (QED) is 0.114. The highest BCUT2D eigenvalue weighted by atomic mass is 19.4. The van der Waals surface area contributed by atoms with Crippen molar-refractivity contribution in [1.29, 1.82) is 0 Å². The number of ether oxygens (including phenoxy) is 2. The van der Waals surface area contributed by atoms with Crippen LogP contribution in [0.3, 0.4) is 0 Å². The summed E-state index contributed by atoms with van der Waals surface area (Å²) in [6, 6.07) is 2.14. The molecule has 9 nitrogen and oxygen atoms in total. The van der Waals surface area contributed by atoms with E-state index in [9.17, 15) is 22.8 Å². The van der Waals surface area contributed by atoms with Crippen molar-refractivity contribution >= 4 is 23.9 Å². The smallest absolute Gasteiger partial charge is 0.429 e. The Morgan fingerprint density at radius 2 is 2.00 bits per heavy atom. The van der Waals surface area contributed by atoms with Gasteiger partial charge in [0.05, 0.1) is 12.7 Å². The van der Waals surface area contributed by atoms with E-state index in [1.165, 1.54) is 0 Å². The van der Waals surface area contributed by atoms with Crippen molar-refractivity contribution in [2.24, 2.45) is 10.9 Å². The zero-order valence-corrected chi connectivity index (χ0v) is 18.5. The molecule has 5 N–H and O–H groups in total. The Bertz CT molecular complexity index is 947. The summed E-state index contributed by atoms with van der Waals surface area (Å²) in [5.74, 6) is -1.99. The standard InChI is InChI=1S/C21H27F3N4O5/c1-11-8-12(2)16-13(9-11)10-14(17(33-16)21(22,23)24)18(29)27-15(19(30)32-3)6-4-5-7-26-20(25)28-31/h8-10,15,17,31H,4-7H2,1-3H3,(H,27,29)(H3,25,26,28)/t15?,17-/m0/s1. The molecular weight excluding hydrogens is 445 g/mol. The predicted octanol–water partition coefficient (Wildman–Crippen LogP) is 2.13. The monoisotopic (exact) mass is 472 g/mol. The molecule has 1 aromatic rings. The largest absolute Gasteiger partial charge is 0.475 e. The number of nitrogens with two attached hydrogens (primary N) is 1. The van der Waals surface area contributed by atoms with Gasteiger partial charge in [-0.05, 0) is 50.8 Å². The number of alkyl halides is 3. The van der Waals surface area contributed by atoms with Crippen LogP contribution in [-0.2, 0) is 14.3 Å². The van der Waals surface area contributed by atoms with Crippen LogP contribution in [0.25, 0.3) is 6.08 Å². The van der Waals surface area contributed by atoms with Crippen LogP contribution in [0.1, 0.15) is 36.0 Å². The van der Waals surface area contributed by atoms with Gasteiger partial charge < -0.3 is 31.0 Å². The van der Waals surface area contributed by atoms with E-state index in [0.717, 1.165) is 18.7 Å². The van der Waals surface area contributed by atoms with Crippen LogP contribution in [-0.4, -0.2) is 55.0 Å². The van der Waals surface area contributed by atoms with Crippen LogP contribution in [0.15, 0.2) is 22.9 Å². The molecule has 0 aliphatic carbocycles. The number of fused-ring (bicyclic) bond motifs is 1. The number of carbonyl (C=O) groups is 2. The van der Waals surface area contributed by atoms with Crippen molar-refractivity contribution in [2.75, 3.05) is 13.7 Å². The van der Waals surface area contributed by atoms with Gasteiger partial charge in [0.15, 0.2) is 0 Å². The van der Waals surface area contributed by atoms with Crippen molar-refractivity contribution < 1.29 is 37.4 Å². The van der Waals surface area contributed by atoms with E-state index in [-0.39, 0.29) is 18.1 Å². The molecule has 1 aromatic carbocycles. The fourth-order valence-electron chi connectivity index (χ4n) is 3.47. The van der Waals surface area contributed by atoms with Gasteiger partial charge in [-0.15, -0.1) is 0 Å². The Morgan fingerprint density at radius 3 is 2.61 bits per heavy atom. The highest BCUT2D eigenvalue weighted by Crippen LogP contribution is 2.39. The minimum absolute atomic E-state index is 0.0576. The lowest BCUT2D eigenvalue weighted by Gasteiger charge is -2.30. The van der Waals surface area contributed by atoms with E-state index < -0.39 is 35.8 Å². The number of hydrogen-bond donors (Lipinski definition) is 4. The van der Waals surface area contributed by atoms with Crippen LogP contribution in [0, 0.1) is 13.8 Å². The maximum atomic E-state index is 13.7. The number of amides is 1. The maximum Gasteiger partial charge on any atom is 0.429 e. The molecule has 0 bridgehead atoms. The number of carbonyl (C=O) groups excluding carboxylic acids is 2. The van der Waals surface area contributed by atoms with Gasteiger partial charge in [-0.3, -0.25) is 4.79 Å². The molecule has 0 saturated heterocycles. The van der Waals surface area contributed by atoms with E-state index in [4.69, 9.17) is 15.7 Å². The lowest BCUT2D eigenvalue weighted by atomic mass is 9.96. The summed E-state index contributed by atoms with van der Waals surface area (Å²) in [4.78, 5) is 25.0. The van der Waals surface area contributed by atoms with Gasteiger partial charge in [0.25, 0.3) is 5.91 Å². The minimum atomic E-state index is -4.85. The number of halogens is 3. The number of methoxy groups -OCH3 is 1.